The number of ketones is 1. The van der Waals surface area contributed by atoms with Crippen LogP contribution in [0.15, 0.2) is 24.3 Å². The molecule has 0 spiro atoms. The molecule has 0 amide bonds. The Morgan fingerprint density at radius 2 is 1.94 bits per heavy atom. The van der Waals surface area contributed by atoms with Gasteiger partial charge in [-0.05, 0) is 12.1 Å². The minimum Gasteiger partial charge on any atom is -0.507 e. The Morgan fingerprint density at radius 1 is 1.35 bits per heavy atom. The lowest BCUT2D eigenvalue weighted by Gasteiger charge is -2.09. The van der Waals surface area contributed by atoms with E-state index in [2.05, 4.69) is 0 Å². The fraction of sp³-hybridized carbons (Fsp3) is 0.167. The maximum Gasteiger partial charge on any atom is 0.190 e. The Kier molecular flexibility index (Phi) is 4.12. The lowest BCUT2D eigenvalue weighted by atomic mass is 10.1. The smallest absolute Gasteiger partial charge is 0.190 e. The van der Waals surface area contributed by atoms with Gasteiger partial charge in [-0.15, -0.1) is 0 Å². The summed E-state index contributed by atoms with van der Waals surface area (Å²) in [4.78, 5) is 11.6. The zero-order valence-electron chi connectivity index (χ0n) is 9.43. The van der Waals surface area contributed by atoms with E-state index in [1.54, 1.807) is 6.07 Å². The van der Waals surface area contributed by atoms with E-state index in [-0.39, 0.29) is 11.3 Å². The van der Waals surface area contributed by atoms with Gasteiger partial charge in [-0.1, -0.05) is 0 Å². The van der Waals surface area contributed by atoms with Gasteiger partial charge in [0.1, 0.15) is 5.75 Å². The number of phenolic OH excluding ortho intramolecular Hbond substituents is 1. The van der Waals surface area contributed by atoms with Crippen LogP contribution in [-0.2, 0) is 0 Å². The van der Waals surface area contributed by atoms with E-state index in [0.717, 1.165) is 12.2 Å². The summed E-state index contributed by atoms with van der Waals surface area (Å²) >= 11 is 0. The molecule has 0 heterocycles. The zero-order chi connectivity index (χ0) is 12.8. The molecule has 5 heteroatoms. The molecule has 0 bridgehead atoms. The number of nitriles is 1. The third-order valence-electron chi connectivity index (χ3n) is 2.08. The molecule has 1 aromatic carbocycles. The first-order valence-corrected chi connectivity index (χ1v) is 4.69. The minimum atomic E-state index is -0.481. The van der Waals surface area contributed by atoms with Gasteiger partial charge < -0.3 is 14.6 Å². The molecular weight excluding hydrogens is 222 g/mol. The highest BCUT2D eigenvalue weighted by Crippen LogP contribution is 2.34. The van der Waals surface area contributed by atoms with Crippen LogP contribution in [0.4, 0.5) is 0 Å². The number of hydrogen-bond donors (Lipinski definition) is 1. The van der Waals surface area contributed by atoms with Crippen LogP contribution < -0.4 is 9.47 Å². The molecule has 88 valence electrons. The maximum atomic E-state index is 11.6. The fourth-order valence-corrected chi connectivity index (χ4v) is 1.27. The van der Waals surface area contributed by atoms with Crippen molar-refractivity contribution in [3.63, 3.8) is 0 Å². The molecule has 0 aliphatic rings. The van der Waals surface area contributed by atoms with Gasteiger partial charge in [0.05, 0.1) is 25.9 Å². The molecule has 0 atom stereocenters. The second kappa shape index (κ2) is 5.56. The van der Waals surface area contributed by atoms with Crippen molar-refractivity contribution >= 4 is 5.78 Å². The SMILES string of the molecule is COc1cc(O)c(C(=O)/C=C/C#N)cc1OC. The highest BCUT2D eigenvalue weighted by molar-refractivity contribution is 6.07. The van der Waals surface area contributed by atoms with Gasteiger partial charge in [-0.3, -0.25) is 4.79 Å². The number of hydrogen-bond acceptors (Lipinski definition) is 5. The van der Waals surface area contributed by atoms with Crippen LogP contribution in [-0.4, -0.2) is 25.1 Å². The Balaban J connectivity index is 3.22. The molecule has 0 aliphatic heterocycles. The van der Waals surface area contributed by atoms with E-state index in [1.807, 2.05) is 0 Å². The molecule has 17 heavy (non-hydrogen) atoms. The highest BCUT2D eigenvalue weighted by Gasteiger charge is 2.14. The standard InChI is InChI=1S/C12H11NO4/c1-16-11-6-8(9(14)4-3-5-13)10(15)7-12(11)17-2/h3-4,6-7,15H,1-2H3/b4-3+. The lowest BCUT2D eigenvalue weighted by molar-refractivity contribution is 0.104. The van der Waals surface area contributed by atoms with Crippen LogP contribution >= 0.6 is 0 Å². The highest BCUT2D eigenvalue weighted by atomic mass is 16.5. The van der Waals surface area contributed by atoms with Crippen molar-refractivity contribution < 1.29 is 19.4 Å². The summed E-state index contributed by atoms with van der Waals surface area (Å²) in [5, 5.41) is 18.0. The van der Waals surface area contributed by atoms with E-state index in [0.29, 0.717) is 11.5 Å². The van der Waals surface area contributed by atoms with Gasteiger partial charge in [-0.25, -0.2) is 0 Å². The number of carbonyl (C=O) groups excluding carboxylic acids is 1. The first-order chi connectivity index (χ1) is 8.13. The summed E-state index contributed by atoms with van der Waals surface area (Å²) in [7, 11) is 2.85. The van der Waals surface area contributed by atoms with Crippen LogP contribution in [0.2, 0.25) is 0 Å². The third-order valence-corrected chi connectivity index (χ3v) is 2.08. The zero-order valence-corrected chi connectivity index (χ0v) is 9.43. The van der Waals surface area contributed by atoms with Gasteiger partial charge in [-0.2, -0.15) is 5.26 Å². The molecule has 0 radical (unpaired) electrons. The summed E-state index contributed by atoms with van der Waals surface area (Å²) in [6, 6.07) is 4.34. The average Bonchev–Trinajstić information content (AvgIpc) is 2.35. The molecular formula is C12H11NO4. The molecule has 5 nitrogen and oxygen atoms in total. The quantitative estimate of drug-likeness (QED) is 0.486. The summed E-state index contributed by atoms with van der Waals surface area (Å²) in [5.41, 5.74) is 0.0501. The number of methoxy groups -OCH3 is 2. The van der Waals surface area contributed by atoms with Crippen molar-refractivity contribution in [2.75, 3.05) is 14.2 Å². The lowest BCUT2D eigenvalue weighted by Crippen LogP contribution is -1.98. The van der Waals surface area contributed by atoms with Crippen molar-refractivity contribution in [1.29, 1.82) is 5.26 Å². The number of aromatic hydroxyl groups is 1. The molecule has 0 aliphatic carbocycles. The van der Waals surface area contributed by atoms with Crippen LogP contribution in [0.3, 0.4) is 0 Å². The number of nitrogens with zero attached hydrogens (tertiary/aromatic N) is 1. The molecule has 1 N–H and O–H groups in total. The largest absolute Gasteiger partial charge is 0.507 e. The number of phenols is 1. The van der Waals surface area contributed by atoms with E-state index >= 15 is 0 Å². The number of carbonyl (C=O) groups is 1. The van der Waals surface area contributed by atoms with Crippen LogP contribution in [0.5, 0.6) is 17.2 Å². The van der Waals surface area contributed by atoms with E-state index in [9.17, 15) is 9.90 Å². The Bertz CT molecular complexity index is 500. The van der Waals surface area contributed by atoms with Gasteiger partial charge in [0.15, 0.2) is 17.3 Å². The number of benzene rings is 1. The number of ether oxygens (including phenoxy) is 2. The van der Waals surface area contributed by atoms with Crippen molar-refractivity contribution in [2.24, 2.45) is 0 Å². The normalized spacial score (nSPS) is 9.94. The van der Waals surface area contributed by atoms with E-state index < -0.39 is 5.78 Å². The minimum absolute atomic E-state index is 0.0501. The molecule has 0 saturated heterocycles. The van der Waals surface area contributed by atoms with Gasteiger partial charge in [0.2, 0.25) is 0 Å². The predicted octanol–water partition coefficient (Wildman–Crippen LogP) is 1.67. The van der Waals surface area contributed by atoms with Crippen molar-refractivity contribution in [1.82, 2.24) is 0 Å². The number of allylic oxidation sites excluding steroid dienone is 2. The molecule has 0 aromatic heterocycles. The van der Waals surface area contributed by atoms with E-state index in [1.165, 1.54) is 26.4 Å². The van der Waals surface area contributed by atoms with Gasteiger partial charge in [0.25, 0.3) is 0 Å². The van der Waals surface area contributed by atoms with Gasteiger partial charge >= 0.3 is 0 Å². The van der Waals surface area contributed by atoms with Crippen molar-refractivity contribution in [3.05, 3.63) is 29.8 Å². The third kappa shape index (κ3) is 2.75. The number of rotatable bonds is 4. The Labute approximate surface area is 98.5 Å². The first-order valence-electron chi connectivity index (χ1n) is 4.69. The van der Waals surface area contributed by atoms with Crippen LogP contribution in [0, 0.1) is 11.3 Å². The maximum absolute atomic E-state index is 11.6. The van der Waals surface area contributed by atoms with E-state index in [4.69, 9.17) is 14.7 Å². The van der Waals surface area contributed by atoms with Gasteiger partial charge in [0, 0.05) is 12.1 Å². The second-order valence-electron chi connectivity index (χ2n) is 3.05. The molecule has 0 saturated carbocycles. The Hall–Kier alpha value is -2.48. The van der Waals surface area contributed by atoms with Crippen LogP contribution in [0.25, 0.3) is 0 Å². The first kappa shape index (κ1) is 12.6. The predicted molar refractivity (Wildman–Crippen MR) is 60.3 cm³/mol. The topological polar surface area (TPSA) is 79.5 Å². The molecule has 1 rings (SSSR count). The monoisotopic (exact) mass is 233 g/mol. The average molecular weight is 233 g/mol. The van der Waals surface area contributed by atoms with Crippen LogP contribution in [0.1, 0.15) is 10.4 Å². The van der Waals surface area contributed by atoms with Crippen molar-refractivity contribution in [2.45, 2.75) is 0 Å². The molecule has 1 aromatic rings. The Morgan fingerprint density at radius 3 is 2.47 bits per heavy atom. The summed E-state index contributed by atoms with van der Waals surface area (Å²) in [6.45, 7) is 0. The fourth-order valence-electron chi connectivity index (χ4n) is 1.27. The summed E-state index contributed by atoms with van der Waals surface area (Å²) in [5.74, 6) is -0.0509. The summed E-state index contributed by atoms with van der Waals surface area (Å²) < 4.78 is 9.98. The summed E-state index contributed by atoms with van der Waals surface area (Å²) in [6.07, 6.45) is 2.11. The van der Waals surface area contributed by atoms with Crippen molar-refractivity contribution in [3.8, 4) is 23.3 Å². The molecule has 0 unspecified atom stereocenters. The molecule has 0 fully saturated rings. The second-order valence-corrected chi connectivity index (χ2v) is 3.05.